The van der Waals surface area contributed by atoms with Gasteiger partial charge >= 0.3 is 0 Å². The van der Waals surface area contributed by atoms with E-state index in [1.165, 1.54) is 25.3 Å². The average Bonchev–Trinajstić information content (AvgIpc) is 3.07. The largest absolute Gasteiger partial charge is 0.497 e. The van der Waals surface area contributed by atoms with Gasteiger partial charge in [0.15, 0.2) is 0 Å². The number of anilines is 1. The lowest BCUT2D eigenvalue weighted by Crippen LogP contribution is -2.47. The van der Waals surface area contributed by atoms with Crippen molar-refractivity contribution in [3.8, 4) is 11.5 Å². The molecule has 3 aromatic carbocycles. The Morgan fingerprint density at radius 1 is 1.06 bits per heavy atom. The van der Waals surface area contributed by atoms with Gasteiger partial charge in [-0.25, -0.2) is 8.42 Å². The van der Waals surface area contributed by atoms with Gasteiger partial charge in [0, 0.05) is 37.8 Å². The quantitative estimate of drug-likeness (QED) is 0.236. The van der Waals surface area contributed by atoms with Crippen molar-refractivity contribution in [3.63, 3.8) is 0 Å². The molecule has 10 nitrogen and oxygen atoms in total. The molecule has 0 saturated heterocycles. The van der Waals surface area contributed by atoms with E-state index in [1.807, 2.05) is 33.0 Å². The molecule has 1 heterocycles. The third-order valence-electron chi connectivity index (χ3n) is 8.60. The van der Waals surface area contributed by atoms with Gasteiger partial charge in [0.2, 0.25) is 0 Å². The topological polar surface area (TPSA) is 118 Å². The Morgan fingerprint density at radius 2 is 1.80 bits per heavy atom. The van der Waals surface area contributed by atoms with Gasteiger partial charge in [-0.05, 0) is 100 Å². The molecule has 1 amide bonds. The number of fused-ring (bicyclic) bond motifs is 1. The molecule has 1 aliphatic rings. The summed E-state index contributed by atoms with van der Waals surface area (Å²) >= 11 is 12.4. The Kier molecular flexibility index (Phi) is 14.0. The molecule has 0 radical (unpaired) electrons. The van der Waals surface area contributed by atoms with E-state index >= 15 is 0 Å². The first-order valence-corrected chi connectivity index (χ1v) is 18.7. The smallest absolute Gasteiger partial charge is 0.261 e. The fourth-order valence-electron chi connectivity index (χ4n) is 5.74. The lowest BCUT2D eigenvalue weighted by molar-refractivity contribution is -0.0177. The van der Waals surface area contributed by atoms with E-state index in [0.29, 0.717) is 41.2 Å². The number of nitrogens with one attached hydrogen (secondary N) is 1. The lowest BCUT2D eigenvalue weighted by Gasteiger charge is -2.36. The number of benzene rings is 3. The van der Waals surface area contributed by atoms with Crippen LogP contribution in [0.2, 0.25) is 10.0 Å². The summed E-state index contributed by atoms with van der Waals surface area (Å²) < 4.78 is 47.0. The summed E-state index contributed by atoms with van der Waals surface area (Å²) in [5.41, 5.74) is 1.41. The third-order valence-corrected chi connectivity index (χ3v) is 10.7. The van der Waals surface area contributed by atoms with Crippen molar-refractivity contribution in [1.29, 1.82) is 0 Å². The normalized spacial score (nSPS) is 20.2. The number of amides is 1. The van der Waals surface area contributed by atoms with Crippen LogP contribution in [0.25, 0.3) is 0 Å². The number of carbonyl (C=O) groups is 1. The number of ether oxygens (including phenoxy) is 3. The number of hydrogen-bond acceptors (Lipinski definition) is 8. The number of rotatable bonds is 10. The van der Waals surface area contributed by atoms with Gasteiger partial charge in [-0.2, -0.15) is 0 Å². The Morgan fingerprint density at radius 3 is 2.47 bits per heavy atom. The number of carbonyl (C=O) groups excluding carboxylic acids is 1. The first-order valence-electron chi connectivity index (χ1n) is 16.4. The Bertz CT molecular complexity index is 1660. The highest BCUT2D eigenvalue weighted by atomic mass is 35.5. The Hall–Kier alpha value is -3.06. The molecule has 3 aromatic rings. The van der Waals surface area contributed by atoms with Gasteiger partial charge < -0.3 is 24.2 Å². The van der Waals surface area contributed by atoms with Gasteiger partial charge in [-0.1, -0.05) is 36.2 Å². The maximum Gasteiger partial charge on any atom is 0.261 e. The molecule has 0 saturated carbocycles. The minimum atomic E-state index is -3.98. The first kappa shape index (κ1) is 38.7. The van der Waals surface area contributed by atoms with Gasteiger partial charge in [0.1, 0.15) is 11.5 Å². The van der Waals surface area contributed by atoms with Crippen molar-refractivity contribution in [3.05, 3.63) is 81.8 Å². The highest BCUT2D eigenvalue weighted by molar-refractivity contribution is 7.92. The monoisotopic (exact) mass is 735 g/mol. The van der Waals surface area contributed by atoms with Crippen LogP contribution in [-0.2, 0) is 21.3 Å². The van der Waals surface area contributed by atoms with Gasteiger partial charge in [0.25, 0.3) is 15.9 Å². The van der Waals surface area contributed by atoms with E-state index in [1.54, 1.807) is 42.2 Å². The highest BCUT2D eigenvalue weighted by Gasteiger charge is 2.31. The molecule has 268 valence electrons. The second-order valence-corrected chi connectivity index (χ2v) is 15.2. The Balaban J connectivity index is 1.63. The first-order chi connectivity index (χ1) is 23.3. The van der Waals surface area contributed by atoms with Crippen LogP contribution < -0.4 is 14.2 Å². The van der Waals surface area contributed by atoms with E-state index in [4.69, 9.17) is 37.4 Å². The zero-order chi connectivity index (χ0) is 35.7. The molecule has 0 bridgehead atoms. The van der Waals surface area contributed by atoms with Crippen LogP contribution in [-0.4, -0.2) is 87.9 Å². The maximum absolute atomic E-state index is 14.4. The maximum atomic E-state index is 14.4. The minimum absolute atomic E-state index is 0.0455. The number of aliphatic hydroxyl groups is 1. The number of nitrogens with zero attached hydrogens (tertiary/aromatic N) is 2. The molecular formula is C36H47Cl2N3O7S. The summed E-state index contributed by atoms with van der Waals surface area (Å²) in [6.07, 6.45) is 1.98. The number of aliphatic hydroxyl groups excluding tert-OH is 1. The highest BCUT2D eigenvalue weighted by Crippen LogP contribution is 2.30. The van der Waals surface area contributed by atoms with Crippen molar-refractivity contribution in [2.45, 2.75) is 69.7 Å². The molecule has 0 fully saturated rings. The zero-order valence-electron chi connectivity index (χ0n) is 28.7. The van der Waals surface area contributed by atoms with Crippen LogP contribution in [0.4, 0.5) is 5.69 Å². The van der Waals surface area contributed by atoms with Crippen LogP contribution >= 0.6 is 23.2 Å². The van der Waals surface area contributed by atoms with E-state index < -0.39 is 16.1 Å². The van der Waals surface area contributed by atoms with Gasteiger partial charge in [-0.15, -0.1) is 0 Å². The fourth-order valence-corrected chi connectivity index (χ4v) is 7.11. The van der Waals surface area contributed by atoms with Crippen molar-refractivity contribution >= 4 is 44.8 Å². The molecule has 49 heavy (non-hydrogen) atoms. The molecule has 0 aliphatic carbocycles. The molecule has 0 unspecified atom stereocenters. The summed E-state index contributed by atoms with van der Waals surface area (Å²) in [4.78, 5) is 18.2. The van der Waals surface area contributed by atoms with E-state index in [0.717, 1.165) is 24.8 Å². The molecule has 1 aliphatic heterocycles. The van der Waals surface area contributed by atoms with E-state index in [2.05, 4.69) is 9.62 Å². The summed E-state index contributed by atoms with van der Waals surface area (Å²) in [7, 11) is -0.467. The predicted molar refractivity (Wildman–Crippen MR) is 193 cm³/mol. The lowest BCUT2D eigenvalue weighted by atomic mass is 10.0. The van der Waals surface area contributed by atoms with Crippen molar-refractivity contribution in [1.82, 2.24) is 9.80 Å². The molecule has 13 heteroatoms. The van der Waals surface area contributed by atoms with Crippen LogP contribution in [0.3, 0.4) is 0 Å². The molecule has 2 N–H and O–H groups in total. The second-order valence-electron chi connectivity index (χ2n) is 12.7. The fraction of sp³-hybridized carbons (Fsp3) is 0.472. The van der Waals surface area contributed by atoms with E-state index in [9.17, 15) is 18.3 Å². The van der Waals surface area contributed by atoms with Gasteiger partial charge in [-0.3, -0.25) is 14.4 Å². The predicted octanol–water partition coefficient (Wildman–Crippen LogP) is 6.73. The number of likely N-dealkylation sites (N-methyl/N-ethyl adjacent to an activating group) is 1. The van der Waals surface area contributed by atoms with Gasteiger partial charge in [0.05, 0.1) is 52.5 Å². The second kappa shape index (κ2) is 17.7. The number of halogens is 2. The van der Waals surface area contributed by atoms with E-state index in [-0.39, 0.29) is 53.3 Å². The van der Waals surface area contributed by atoms with Crippen molar-refractivity contribution in [2.75, 3.05) is 45.2 Å². The molecular weight excluding hydrogens is 689 g/mol. The molecule has 4 rings (SSSR count). The standard InChI is InChI=1S/C36H47Cl2N3O7S/c1-24-20-41(25(2)23-42)36(43)31-19-28(39-49(44,45)30-13-11-29(46-5)12-14-30)10-16-34(31)48-26(3)8-6-7-17-47-35(24)22-40(4)21-27-9-15-32(37)33(38)18-27/h9-16,18-19,24-26,35,39,42H,6-8,17,20-23H2,1-5H3/t24-,25+,26+,35-/m0/s1. The third kappa shape index (κ3) is 10.7. The molecule has 0 aromatic heterocycles. The molecule has 4 atom stereocenters. The summed E-state index contributed by atoms with van der Waals surface area (Å²) in [6.45, 7) is 7.53. The van der Waals surface area contributed by atoms with Crippen molar-refractivity contribution < 1.29 is 32.5 Å². The number of methoxy groups -OCH3 is 1. The molecule has 0 spiro atoms. The zero-order valence-corrected chi connectivity index (χ0v) is 31.0. The Labute approximate surface area is 300 Å². The minimum Gasteiger partial charge on any atom is -0.497 e. The number of sulfonamides is 1. The van der Waals surface area contributed by atoms with Crippen LogP contribution in [0.15, 0.2) is 65.6 Å². The van der Waals surface area contributed by atoms with Crippen molar-refractivity contribution in [2.24, 2.45) is 5.92 Å². The van der Waals surface area contributed by atoms with Crippen LogP contribution in [0.1, 0.15) is 56.0 Å². The average molecular weight is 737 g/mol. The number of hydrogen-bond donors (Lipinski definition) is 2. The summed E-state index contributed by atoms with van der Waals surface area (Å²) in [5.74, 6) is 0.359. The summed E-state index contributed by atoms with van der Waals surface area (Å²) in [6, 6.07) is 15.8. The summed E-state index contributed by atoms with van der Waals surface area (Å²) in [5, 5.41) is 11.3. The SMILES string of the molecule is COc1ccc(S(=O)(=O)Nc2ccc3c(c2)C(=O)N([C@H](C)CO)C[C@H](C)[C@H](CN(C)Cc2ccc(Cl)c(Cl)c2)OCCCC[C@@H](C)O3)cc1. The van der Waals surface area contributed by atoms with Crippen LogP contribution in [0.5, 0.6) is 11.5 Å². The van der Waals surface area contributed by atoms with Crippen LogP contribution in [0, 0.1) is 5.92 Å².